The van der Waals surface area contributed by atoms with Crippen molar-refractivity contribution >= 4 is 11.4 Å². The summed E-state index contributed by atoms with van der Waals surface area (Å²) in [5.41, 5.74) is 5.62. The molecular formula is C29H32N2O4. The molecule has 6 rings (SSSR count). The number of benzene rings is 2. The first-order chi connectivity index (χ1) is 17.1. The summed E-state index contributed by atoms with van der Waals surface area (Å²) >= 11 is 0. The summed E-state index contributed by atoms with van der Waals surface area (Å²) < 4.78 is 24.2. The molecule has 3 saturated heterocycles. The van der Waals surface area contributed by atoms with Crippen molar-refractivity contribution in [2.45, 2.75) is 24.7 Å². The quantitative estimate of drug-likeness (QED) is 0.623. The lowest BCUT2D eigenvalue weighted by atomic mass is 9.76. The van der Waals surface area contributed by atoms with Crippen molar-refractivity contribution in [2.24, 2.45) is 0 Å². The van der Waals surface area contributed by atoms with Gasteiger partial charge in [0.25, 0.3) is 0 Å². The third kappa shape index (κ3) is 3.43. The summed E-state index contributed by atoms with van der Waals surface area (Å²) in [6.07, 6.45) is 6.79. The number of nitrogens with zero attached hydrogens (tertiary/aromatic N) is 2. The van der Waals surface area contributed by atoms with E-state index in [9.17, 15) is 0 Å². The Morgan fingerprint density at radius 2 is 1.46 bits per heavy atom. The van der Waals surface area contributed by atoms with Crippen molar-refractivity contribution in [3.05, 3.63) is 83.5 Å². The monoisotopic (exact) mass is 472 g/mol. The Kier molecular flexibility index (Phi) is 5.48. The highest BCUT2D eigenvalue weighted by Gasteiger charge is 2.51. The van der Waals surface area contributed by atoms with Crippen LogP contribution in [0.5, 0.6) is 11.5 Å². The summed E-state index contributed by atoms with van der Waals surface area (Å²) in [5.74, 6) is 1.65. The summed E-state index contributed by atoms with van der Waals surface area (Å²) in [5, 5.41) is 0. The molecule has 3 fully saturated rings. The Morgan fingerprint density at radius 1 is 0.914 bits per heavy atom. The minimum Gasteiger partial charge on any atom is -0.456 e. The first kappa shape index (κ1) is 22.4. The van der Waals surface area contributed by atoms with E-state index in [2.05, 4.69) is 64.9 Å². The summed E-state index contributed by atoms with van der Waals surface area (Å²) in [6.45, 7) is 10.4. The Bertz CT molecular complexity index is 1150. The van der Waals surface area contributed by atoms with E-state index in [-0.39, 0.29) is 12.2 Å². The van der Waals surface area contributed by atoms with Gasteiger partial charge >= 0.3 is 0 Å². The Hall–Kier alpha value is -3.06. The van der Waals surface area contributed by atoms with Crippen molar-refractivity contribution in [2.75, 3.05) is 56.8 Å². The standard InChI is InChI=1S/C29H32N2O4/c1-5-6-7-24-19(2)18-34-29(24)25-10-8-20(30-14-22(15-30)32-3)12-27(25)35-28-13-21(9-11-26(28)29)31-16-23(17-31)33-4/h5-13,22-23H,2,14-18H2,1,3-4H3/b6-5-,24-7+. The minimum atomic E-state index is -0.745. The summed E-state index contributed by atoms with van der Waals surface area (Å²) in [4.78, 5) is 4.62. The molecule has 6 nitrogen and oxygen atoms in total. The van der Waals surface area contributed by atoms with Crippen molar-refractivity contribution in [3.63, 3.8) is 0 Å². The maximum atomic E-state index is 6.66. The molecule has 2 aromatic carbocycles. The number of rotatable bonds is 5. The molecule has 4 aliphatic heterocycles. The van der Waals surface area contributed by atoms with E-state index < -0.39 is 5.60 Å². The molecule has 0 N–H and O–H groups in total. The van der Waals surface area contributed by atoms with Gasteiger partial charge in [0.1, 0.15) is 11.5 Å². The molecule has 0 bridgehead atoms. The first-order valence-corrected chi connectivity index (χ1v) is 12.2. The highest BCUT2D eigenvalue weighted by atomic mass is 16.5. The maximum absolute atomic E-state index is 6.66. The van der Waals surface area contributed by atoms with Crippen LogP contribution in [0.25, 0.3) is 0 Å². The average Bonchev–Trinajstić information content (AvgIpc) is 3.12. The first-order valence-electron chi connectivity index (χ1n) is 12.2. The summed E-state index contributed by atoms with van der Waals surface area (Å²) in [6, 6.07) is 12.9. The number of methoxy groups -OCH3 is 2. The second-order valence-electron chi connectivity index (χ2n) is 9.67. The molecule has 0 amide bonds. The van der Waals surface area contributed by atoms with Gasteiger partial charge in [0, 0.05) is 75.0 Å². The van der Waals surface area contributed by atoms with Gasteiger partial charge in [-0.1, -0.05) is 24.8 Å². The van der Waals surface area contributed by atoms with Gasteiger partial charge < -0.3 is 28.7 Å². The van der Waals surface area contributed by atoms with Crippen LogP contribution in [0.1, 0.15) is 18.1 Å². The second kappa shape index (κ2) is 8.55. The number of anilines is 2. The zero-order chi connectivity index (χ0) is 24.2. The third-order valence-corrected chi connectivity index (χ3v) is 7.68. The molecule has 0 aromatic heterocycles. The largest absolute Gasteiger partial charge is 0.456 e. The molecule has 4 heterocycles. The molecule has 6 heteroatoms. The highest BCUT2D eigenvalue weighted by molar-refractivity contribution is 5.71. The Balaban J connectivity index is 1.46. The highest BCUT2D eigenvalue weighted by Crippen LogP contribution is 2.58. The van der Waals surface area contributed by atoms with Gasteiger partial charge in [-0.2, -0.15) is 0 Å². The smallest absolute Gasteiger partial charge is 0.151 e. The van der Waals surface area contributed by atoms with Gasteiger partial charge in [0.05, 0.1) is 18.8 Å². The molecule has 0 radical (unpaired) electrons. The van der Waals surface area contributed by atoms with E-state index in [1.165, 1.54) is 0 Å². The average molecular weight is 473 g/mol. The van der Waals surface area contributed by atoms with E-state index in [4.69, 9.17) is 18.9 Å². The van der Waals surface area contributed by atoms with Crippen LogP contribution in [0.3, 0.4) is 0 Å². The fourth-order valence-electron chi connectivity index (χ4n) is 5.50. The predicted molar refractivity (Wildman–Crippen MR) is 138 cm³/mol. The molecule has 182 valence electrons. The van der Waals surface area contributed by atoms with Crippen molar-refractivity contribution in [3.8, 4) is 11.5 Å². The van der Waals surface area contributed by atoms with Crippen LogP contribution in [0.2, 0.25) is 0 Å². The van der Waals surface area contributed by atoms with Gasteiger partial charge in [-0.25, -0.2) is 0 Å². The number of allylic oxidation sites excluding steroid dienone is 3. The van der Waals surface area contributed by atoms with Gasteiger partial charge in [-0.15, -0.1) is 0 Å². The van der Waals surface area contributed by atoms with Crippen LogP contribution < -0.4 is 14.5 Å². The van der Waals surface area contributed by atoms with Crippen molar-refractivity contribution in [1.29, 1.82) is 0 Å². The summed E-state index contributed by atoms with van der Waals surface area (Å²) in [7, 11) is 3.54. The number of hydrogen-bond acceptors (Lipinski definition) is 6. The fourth-order valence-corrected chi connectivity index (χ4v) is 5.50. The lowest BCUT2D eigenvalue weighted by molar-refractivity contribution is 0.0502. The zero-order valence-electron chi connectivity index (χ0n) is 20.6. The molecule has 2 aromatic rings. The molecule has 0 unspecified atom stereocenters. The molecule has 0 saturated carbocycles. The number of fused-ring (bicyclic) bond motifs is 4. The second-order valence-corrected chi connectivity index (χ2v) is 9.67. The van der Waals surface area contributed by atoms with Gasteiger partial charge in [-0.05, 0) is 42.3 Å². The zero-order valence-corrected chi connectivity index (χ0v) is 20.6. The van der Waals surface area contributed by atoms with E-state index >= 15 is 0 Å². The molecule has 1 spiro atoms. The van der Waals surface area contributed by atoms with Gasteiger partial charge in [0.2, 0.25) is 0 Å². The SMILES string of the molecule is C=C1COC2(/C1=C/C=C\C)c1ccc(N3CC(OC)C3)cc1Oc1cc(N3CC(OC)C3)ccc12. The maximum Gasteiger partial charge on any atom is 0.151 e. The molecular weight excluding hydrogens is 440 g/mol. The number of ether oxygens (including phenoxy) is 4. The van der Waals surface area contributed by atoms with Crippen LogP contribution >= 0.6 is 0 Å². The predicted octanol–water partition coefficient (Wildman–Crippen LogP) is 4.79. The van der Waals surface area contributed by atoms with Crippen LogP contribution in [0.15, 0.2) is 72.4 Å². The fraction of sp³-hybridized carbons (Fsp3) is 0.379. The van der Waals surface area contributed by atoms with Crippen LogP contribution in [-0.4, -0.2) is 59.2 Å². The van der Waals surface area contributed by atoms with Gasteiger partial charge in [-0.3, -0.25) is 0 Å². The molecule has 0 atom stereocenters. The molecule has 35 heavy (non-hydrogen) atoms. The topological polar surface area (TPSA) is 43.4 Å². The van der Waals surface area contributed by atoms with E-state index in [0.29, 0.717) is 6.61 Å². The number of hydrogen-bond donors (Lipinski definition) is 0. The lowest BCUT2D eigenvalue weighted by Crippen LogP contribution is -2.52. The van der Waals surface area contributed by atoms with E-state index in [1.807, 2.05) is 13.0 Å². The Morgan fingerprint density at radius 3 is 1.94 bits per heavy atom. The Labute approximate surface area is 207 Å². The van der Waals surface area contributed by atoms with Crippen molar-refractivity contribution < 1.29 is 18.9 Å². The third-order valence-electron chi connectivity index (χ3n) is 7.68. The van der Waals surface area contributed by atoms with E-state index in [1.54, 1.807) is 14.2 Å². The van der Waals surface area contributed by atoms with Crippen molar-refractivity contribution in [1.82, 2.24) is 0 Å². The van der Waals surface area contributed by atoms with Gasteiger partial charge in [0.15, 0.2) is 5.60 Å². The van der Waals surface area contributed by atoms with Crippen LogP contribution in [0.4, 0.5) is 11.4 Å². The normalized spacial score (nSPS) is 22.4. The van der Waals surface area contributed by atoms with E-state index in [0.717, 1.165) is 71.3 Å². The molecule has 4 aliphatic rings. The van der Waals surface area contributed by atoms with Crippen LogP contribution in [-0.2, 0) is 19.8 Å². The molecule has 0 aliphatic carbocycles. The lowest BCUT2D eigenvalue weighted by Gasteiger charge is -2.43. The van der Waals surface area contributed by atoms with Crippen LogP contribution in [0, 0.1) is 0 Å². The minimum absolute atomic E-state index is 0.283.